The predicted octanol–water partition coefficient (Wildman–Crippen LogP) is -1.05. The van der Waals surface area contributed by atoms with E-state index in [0.717, 1.165) is 36.1 Å². The van der Waals surface area contributed by atoms with Gasteiger partial charge in [0.1, 0.15) is 61.4 Å². The van der Waals surface area contributed by atoms with Crippen LogP contribution < -0.4 is 27.6 Å². The van der Waals surface area contributed by atoms with Crippen molar-refractivity contribution in [2.75, 3.05) is 13.2 Å². The molecule has 18 nitrogen and oxygen atoms in total. The van der Waals surface area contributed by atoms with Gasteiger partial charge in [0, 0.05) is 25.2 Å². The first-order chi connectivity index (χ1) is 25.5. The topological polar surface area (TPSA) is 274 Å². The van der Waals surface area contributed by atoms with Crippen LogP contribution in [0.4, 0.5) is 0 Å². The van der Waals surface area contributed by atoms with Crippen molar-refractivity contribution in [1.29, 1.82) is 0 Å². The van der Waals surface area contributed by atoms with Gasteiger partial charge in [0.25, 0.3) is 5.56 Å². The van der Waals surface area contributed by atoms with Crippen molar-refractivity contribution in [1.82, 2.24) is 20.2 Å². The zero-order valence-corrected chi connectivity index (χ0v) is 30.3. The molecule has 11 atom stereocenters. The number of carbonyl (C=O) groups excluding carboxylic acids is 3. The van der Waals surface area contributed by atoms with Crippen LogP contribution in [0.3, 0.4) is 0 Å². The lowest BCUT2D eigenvalue weighted by molar-refractivity contribution is -0.227. The molecule has 3 aliphatic heterocycles. The van der Waals surface area contributed by atoms with Gasteiger partial charge >= 0.3 is 11.7 Å². The monoisotopic (exact) mass is 755 g/mol. The first-order valence-corrected chi connectivity index (χ1v) is 18.9. The van der Waals surface area contributed by atoms with Crippen molar-refractivity contribution in [3.8, 4) is 0 Å². The van der Waals surface area contributed by atoms with Gasteiger partial charge in [-0.1, -0.05) is 84.0 Å². The summed E-state index contributed by atoms with van der Waals surface area (Å²) in [5, 5.41) is 47.8. The maximum absolute atomic E-state index is 13.5. The zero-order valence-electron chi connectivity index (χ0n) is 30.3. The number of esters is 1. The molecule has 3 saturated heterocycles. The summed E-state index contributed by atoms with van der Waals surface area (Å²) < 4.78 is 23.3. The first kappa shape index (κ1) is 42.5. The maximum atomic E-state index is 13.5. The number of carbonyl (C=O) groups is 3. The number of aromatic nitrogens is 2. The standard InChI is InChI=1S/C35H57N5O13/c1-2-3-4-5-6-7-8-9-10-11-12-13-14-15-23(42)50-19-20-31(47)39-24(32(48)37-20)29(53-34-28(46)25(43)21(18-36)51-34)30-26(44)27(45)33(52-30)40-17-16-22(41)38-35(40)49/h16-17,20-21,24-30,33-34,43-46H,2-15,18-19,36H2,1H3,(H,37,48)(H,39,47)(H,38,41,49)/t20-,21+,24-,25+,26-,27+,28+,29-,30-,33+,34-/m0/s1. The van der Waals surface area contributed by atoms with E-state index in [9.17, 15) is 44.4 Å². The molecule has 0 saturated carbocycles. The largest absolute Gasteiger partial charge is 0.463 e. The number of ether oxygens (including phenoxy) is 4. The number of piperazine rings is 1. The fourth-order valence-corrected chi connectivity index (χ4v) is 6.87. The van der Waals surface area contributed by atoms with Crippen LogP contribution in [0.15, 0.2) is 21.9 Å². The van der Waals surface area contributed by atoms with Gasteiger partial charge in [-0.05, 0) is 6.42 Å². The molecule has 0 spiro atoms. The number of aliphatic hydroxyl groups excluding tert-OH is 4. The minimum Gasteiger partial charge on any atom is -0.463 e. The Kier molecular flexibility index (Phi) is 16.9. The lowest BCUT2D eigenvalue weighted by Crippen LogP contribution is -2.69. The predicted molar refractivity (Wildman–Crippen MR) is 187 cm³/mol. The molecule has 3 aliphatic rings. The van der Waals surface area contributed by atoms with E-state index in [-0.39, 0.29) is 13.0 Å². The van der Waals surface area contributed by atoms with E-state index < -0.39 is 103 Å². The van der Waals surface area contributed by atoms with Crippen molar-refractivity contribution < 1.29 is 53.8 Å². The number of nitrogens with one attached hydrogen (secondary N) is 3. The van der Waals surface area contributed by atoms with Gasteiger partial charge in [0.05, 0.1) is 0 Å². The summed E-state index contributed by atoms with van der Waals surface area (Å²) in [6.45, 7) is 1.57. The van der Waals surface area contributed by atoms with Crippen LogP contribution in [-0.2, 0) is 33.3 Å². The summed E-state index contributed by atoms with van der Waals surface area (Å²) >= 11 is 0. The Balaban J connectivity index is 1.29. The molecule has 18 heteroatoms. The molecule has 0 aliphatic carbocycles. The Morgan fingerprint density at radius 3 is 2.04 bits per heavy atom. The Labute approximate surface area is 307 Å². The third kappa shape index (κ3) is 11.6. The van der Waals surface area contributed by atoms with Gasteiger partial charge in [-0.2, -0.15) is 0 Å². The second-order valence-electron chi connectivity index (χ2n) is 14.1. The normalized spacial score (nSPS) is 30.6. The highest BCUT2D eigenvalue weighted by Gasteiger charge is 2.55. The quantitative estimate of drug-likeness (QED) is 0.0519. The van der Waals surface area contributed by atoms with E-state index in [2.05, 4.69) is 17.6 Å². The van der Waals surface area contributed by atoms with E-state index in [0.29, 0.717) is 6.42 Å². The van der Waals surface area contributed by atoms with Crippen molar-refractivity contribution >= 4 is 17.8 Å². The molecule has 3 fully saturated rings. The van der Waals surface area contributed by atoms with Gasteiger partial charge in [-0.25, -0.2) is 4.79 Å². The Hall–Kier alpha value is -3.23. The van der Waals surface area contributed by atoms with Crippen LogP contribution in [0.5, 0.6) is 0 Å². The summed E-state index contributed by atoms with van der Waals surface area (Å²) in [6.07, 6.45) is 1.92. The molecule has 4 heterocycles. The molecular formula is C35H57N5O13. The summed E-state index contributed by atoms with van der Waals surface area (Å²) in [5.41, 5.74) is 3.92. The second-order valence-corrected chi connectivity index (χ2v) is 14.1. The third-order valence-corrected chi connectivity index (χ3v) is 10.0. The molecule has 1 aromatic rings. The third-order valence-electron chi connectivity index (χ3n) is 10.0. The molecular weight excluding hydrogens is 698 g/mol. The van der Waals surface area contributed by atoms with Gasteiger partial charge in [-0.15, -0.1) is 0 Å². The highest BCUT2D eigenvalue weighted by Crippen LogP contribution is 2.34. The average Bonchev–Trinajstić information content (AvgIpc) is 3.58. The number of nitrogens with two attached hydrogens (primary N) is 1. The van der Waals surface area contributed by atoms with Crippen LogP contribution in [0, 0.1) is 0 Å². The smallest absolute Gasteiger partial charge is 0.330 e. The lowest BCUT2D eigenvalue weighted by atomic mass is 9.96. The van der Waals surface area contributed by atoms with E-state index in [4.69, 9.17) is 24.7 Å². The number of rotatable bonds is 22. The molecule has 300 valence electrons. The van der Waals surface area contributed by atoms with Crippen LogP contribution in [0.1, 0.15) is 103 Å². The van der Waals surface area contributed by atoms with Gasteiger partial charge in [-0.3, -0.25) is 28.7 Å². The molecule has 0 radical (unpaired) electrons. The first-order valence-electron chi connectivity index (χ1n) is 18.9. The molecule has 1 aromatic heterocycles. The van der Waals surface area contributed by atoms with E-state index in [1.807, 2.05) is 4.98 Å². The Morgan fingerprint density at radius 2 is 1.45 bits per heavy atom. The van der Waals surface area contributed by atoms with Crippen LogP contribution >= 0.6 is 0 Å². The summed E-state index contributed by atoms with van der Waals surface area (Å²) in [7, 11) is 0. The zero-order chi connectivity index (χ0) is 38.5. The number of aliphatic hydroxyl groups is 4. The van der Waals surface area contributed by atoms with Crippen molar-refractivity contribution in [2.24, 2.45) is 5.73 Å². The highest BCUT2D eigenvalue weighted by molar-refractivity contribution is 5.97. The van der Waals surface area contributed by atoms with Crippen LogP contribution in [0.2, 0.25) is 0 Å². The van der Waals surface area contributed by atoms with Crippen LogP contribution in [0.25, 0.3) is 0 Å². The number of hydrogen-bond acceptors (Lipinski definition) is 14. The fourth-order valence-electron chi connectivity index (χ4n) is 6.87. The summed E-state index contributed by atoms with van der Waals surface area (Å²) in [4.78, 5) is 65.1. The van der Waals surface area contributed by atoms with Gasteiger partial charge < -0.3 is 55.7 Å². The Morgan fingerprint density at radius 1 is 0.830 bits per heavy atom. The lowest BCUT2D eigenvalue weighted by Gasteiger charge is -2.38. The molecule has 2 amide bonds. The van der Waals surface area contributed by atoms with Crippen molar-refractivity contribution in [3.63, 3.8) is 0 Å². The van der Waals surface area contributed by atoms with E-state index >= 15 is 0 Å². The number of hydrogen-bond donors (Lipinski definition) is 8. The summed E-state index contributed by atoms with van der Waals surface area (Å²) in [5.74, 6) is -2.14. The number of aromatic amines is 1. The minimum absolute atomic E-state index is 0.163. The minimum atomic E-state index is -1.84. The molecule has 53 heavy (non-hydrogen) atoms. The SMILES string of the molecule is CCCCCCCCCCCCCCCC(=O)OC[C@@H]1NC(=O)[C@H]([C@H](O[C@@H]2O[C@H](CN)[C@@H](O)[C@H]2O)[C@H]2O[C@@H](n3ccc(=O)[nH]c3=O)[C@H](O)[C@@H]2O)NC1=O. The number of H-pyrrole nitrogens is 1. The second kappa shape index (κ2) is 21.0. The Bertz CT molecular complexity index is 1440. The molecule has 0 bridgehead atoms. The van der Waals surface area contributed by atoms with E-state index in [1.54, 1.807) is 0 Å². The molecule has 9 N–H and O–H groups in total. The van der Waals surface area contributed by atoms with E-state index in [1.165, 1.54) is 57.8 Å². The maximum Gasteiger partial charge on any atom is 0.330 e. The highest BCUT2D eigenvalue weighted by atomic mass is 16.7. The molecule has 0 aromatic carbocycles. The molecule has 0 unspecified atom stereocenters. The number of amides is 2. The molecule has 4 rings (SSSR count). The van der Waals surface area contributed by atoms with Crippen molar-refractivity contribution in [2.45, 2.75) is 164 Å². The summed E-state index contributed by atoms with van der Waals surface area (Å²) in [6, 6.07) is -1.91. The van der Waals surface area contributed by atoms with Crippen LogP contribution in [-0.4, -0.2) is 122 Å². The fraction of sp³-hybridized carbons (Fsp3) is 0.800. The average molecular weight is 756 g/mol. The number of nitrogens with zero attached hydrogens (tertiary/aromatic N) is 1. The van der Waals surface area contributed by atoms with Gasteiger partial charge in [0.2, 0.25) is 11.8 Å². The van der Waals surface area contributed by atoms with Crippen molar-refractivity contribution in [3.05, 3.63) is 33.1 Å². The number of unbranched alkanes of at least 4 members (excludes halogenated alkanes) is 12. The van der Waals surface area contributed by atoms with Gasteiger partial charge in [0.15, 0.2) is 12.5 Å².